The van der Waals surface area contributed by atoms with Crippen LogP contribution >= 0.6 is 11.6 Å². The predicted octanol–water partition coefficient (Wildman–Crippen LogP) is 2.86. The fourth-order valence-electron chi connectivity index (χ4n) is 1.45. The third-order valence-corrected chi connectivity index (χ3v) is 2.64. The summed E-state index contributed by atoms with van der Waals surface area (Å²) in [6.07, 6.45) is 2.34. The maximum atomic E-state index is 8.59. The first-order valence-electron chi connectivity index (χ1n) is 5.35. The van der Waals surface area contributed by atoms with Crippen molar-refractivity contribution >= 4 is 11.6 Å². The first-order chi connectivity index (χ1) is 7.63. The van der Waals surface area contributed by atoms with Crippen LogP contribution in [0.4, 0.5) is 0 Å². The number of nitriles is 1. The Kier molecular flexibility index (Phi) is 5.24. The Labute approximate surface area is 102 Å². The molecule has 1 aromatic heterocycles. The number of aromatic nitrogens is 1. The zero-order chi connectivity index (χ0) is 12.0. The van der Waals surface area contributed by atoms with Crippen molar-refractivity contribution in [3.05, 3.63) is 29.0 Å². The van der Waals surface area contributed by atoms with E-state index in [1.807, 2.05) is 6.07 Å². The van der Waals surface area contributed by atoms with Crippen LogP contribution < -0.4 is 0 Å². The van der Waals surface area contributed by atoms with Gasteiger partial charge < -0.3 is 0 Å². The number of hydrogen-bond acceptors (Lipinski definition) is 3. The molecule has 1 aromatic rings. The highest BCUT2D eigenvalue weighted by Crippen LogP contribution is 2.10. The number of rotatable bonds is 5. The lowest BCUT2D eigenvalue weighted by molar-refractivity contribution is 0.217. The summed E-state index contributed by atoms with van der Waals surface area (Å²) in [5.41, 5.74) is 1.12. The van der Waals surface area contributed by atoms with Crippen LogP contribution in [0.15, 0.2) is 18.3 Å². The van der Waals surface area contributed by atoms with Crippen LogP contribution in [0, 0.1) is 11.3 Å². The van der Waals surface area contributed by atoms with Crippen LogP contribution in [-0.2, 0) is 6.54 Å². The third kappa shape index (κ3) is 4.18. The van der Waals surface area contributed by atoms with Gasteiger partial charge in [0.1, 0.15) is 5.15 Å². The van der Waals surface area contributed by atoms with Crippen molar-refractivity contribution in [1.82, 2.24) is 9.88 Å². The molecule has 0 aromatic carbocycles. The van der Waals surface area contributed by atoms with Crippen LogP contribution in [0.1, 0.15) is 25.8 Å². The van der Waals surface area contributed by atoms with Gasteiger partial charge >= 0.3 is 0 Å². The summed E-state index contributed by atoms with van der Waals surface area (Å²) >= 11 is 5.73. The van der Waals surface area contributed by atoms with Gasteiger partial charge in [-0.2, -0.15) is 5.26 Å². The Morgan fingerprint density at radius 2 is 2.25 bits per heavy atom. The molecule has 1 rings (SSSR count). The maximum absolute atomic E-state index is 8.59. The molecular formula is C12H16ClN3. The molecule has 0 fully saturated rings. The van der Waals surface area contributed by atoms with E-state index in [1.165, 1.54) is 0 Å². The van der Waals surface area contributed by atoms with Crippen LogP contribution in [0.5, 0.6) is 0 Å². The van der Waals surface area contributed by atoms with Crippen molar-refractivity contribution in [3.63, 3.8) is 0 Å². The monoisotopic (exact) mass is 237 g/mol. The zero-order valence-corrected chi connectivity index (χ0v) is 10.4. The number of nitrogens with zero attached hydrogens (tertiary/aromatic N) is 3. The van der Waals surface area contributed by atoms with Gasteiger partial charge in [-0.05, 0) is 25.5 Å². The Morgan fingerprint density at radius 1 is 1.50 bits per heavy atom. The summed E-state index contributed by atoms with van der Waals surface area (Å²) in [5, 5.41) is 9.10. The molecule has 3 nitrogen and oxygen atoms in total. The predicted molar refractivity (Wildman–Crippen MR) is 65.0 cm³/mol. The minimum atomic E-state index is 0.420. The van der Waals surface area contributed by atoms with Crippen molar-refractivity contribution in [1.29, 1.82) is 5.26 Å². The van der Waals surface area contributed by atoms with Gasteiger partial charge in [-0.15, -0.1) is 0 Å². The molecular weight excluding hydrogens is 222 g/mol. The van der Waals surface area contributed by atoms with Gasteiger partial charge in [-0.3, -0.25) is 4.90 Å². The molecule has 0 spiro atoms. The molecule has 0 radical (unpaired) electrons. The Morgan fingerprint density at radius 3 is 2.75 bits per heavy atom. The summed E-state index contributed by atoms with van der Waals surface area (Å²) in [6.45, 7) is 5.85. The second-order valence-electron chi connectivity index (χ2n) is 3.96. The largest absolute Gasteiger partial charge is 0.296 e. The standard InChI is InChI=1S/C12H16ClN3/c1-10(2)16(7-3-6-14)9-11-4-5-12(13)15-8-11/h4-5,8,10H,3,7,9H2,1-2H3. The number of pyridine rings is 1. The molecule has 0 bridgehead atoms. The van der Waals surface area contributed by atoms with Crippen molar-refractivity contribution in [3.8, 4) is 6.07 Å². The quantitative estimate of drug-likeness (QED) is 0.740. The number of hydrogen-bond donors (Lipinski definition) is 0. The van der Waals surface area contributed by atoms with Crippen LogP contribution in [-0.4, -0.2) is 22.5 Å². The molecule has 86 valence electrons. The maximum Gasteiger partial charge on any atom is 0.129 e. The van der Waals surface area contributed by atoms with E-state index in [1.54, 1.807) is 12.3 Å². The van der Waals surface area contributed by atoms with Crippen LogP contribution in [0.2, 0.25) is 5.15 Å². The number of halogens is 1. The molecule has 0 atom stereocenters. The summed E-state index contributed by atoms with van der Waals surface area (Å²) < 4.78 is 0. The highest BCUT2D eigenvalue weighted by atomic mass is 35.5. The van der Waals surface area contributed by atoms with Gasteiger partial charge in [0.2, 0.25) is 0 Å². The van der Waals surface area contributed by atoms with Gasteiger partial charge in [0.15, 0.2) is 0 Å². The third-order valence-electron chi connectivity index (χ3n) is 2.42. The second kappa shape index (κ2) is 6.47. The molecule has 0 unspecified atom stereocenters. The SMILES string of the molecule is CC(C)N(CCC#N)Cc1ccc(Cl)nc1. The Hall–Kier alpha value is -1.11. The Balaban J connectivity index is 2.61. The van der Waals surface area contributed by atoms with Crippen molar-refractivity contribution < 1.29 is 0 Å². The molecule has 0 amide bonds. The topological polar surface area (TPSA) is 39.9 Å². The summed E-state index contributed by atoms with van der Waals surface area (Å²) in [6, 6.07) is 6.35. The molecule has 4 heteroatoms. The van der Waals surface area contributed by atoms with E-state index in [2.05, 4.69) is 29.8 Å². The van der Waals surface area contributed by atoms with Crippen LogP contribution in [0.3, 0.4) is 0 Å². The normalized spacial score (nSPS) is 10.8. The molecule has 1 heterocycles. The molecule has 0 saturated heterocycles. The lowest BCUT2D eigenvalue weighted by atomic mass is 10.2. The van der Waals surface area contributed by atoms with Crippen molar-refractivity contribution in [2.45, 2.75) is 32.9 Å². The molecule has 0 aliphatic rings. The lowest BCUT2D eigenvalue weighted by Crippen LogP contribution is -2.31. The average molecular weight is 238 g/mol. The summed E-state index contributed by atoms with van der Waals surface area (Å²) in [5.74, 6) is 0. The molecule has 0 saturated carbocycles. The first kappa shape index (κ1) is 13.0. The van der Waals surface area contributed by atoms with Crippen molar-refractivity contribution in [2.24, 2.45) is 0 Å². The fraction of sp³-hybridized carbons (Fsp3) is 0.500. The lowest BCUT2D eigenvalue weighted by Gasteiger charge is -2.25. The second-order valence-corrected chi connectivity index (χ2v) is 4.35. The van der Waals surface area contributed by atoms with E-state index >= 15 is 0 Å². The van der Waals surface area contributed by atoms with E-state index < -0.39 is 0 Å². The van der Waals surface area contributed by atoms with Gasteiger partial charge in [0.25, 0.3) is 0 Å². The van der Waals surface area contributed by atoms with Gasteiger partial charge in [0, 0.05) is 31.7 Å². The van der Waals surface area contributed by atoms with E-state index in [0.29, 0.717) is 17.6 Å². The summed E-state index contributed by atoms with van der Waals surface area (Å²) in [4.78, 5) is 6.29. The first-order valence-corrected chi connectivity index (χ1v) is 5.72. The molecule has 0 N–H and O–H groups in total. The van der Waals surface area contributed by atoms with E-state index in [-0.39, 0.29) is 0 Å². The zero-order valence-electron chi connectivity index (χ0n) is 9.65. The van der Waals surface area contributed by atoms with Crippen LogP contribution in [0.25, 0.3) is 0 Å². The highest BCUT2D eigenvalue weighted by Gasteiger charge is 2.09. The molecule has 16 heavy (non-hydrogen) atoms. The van der Waals surface area contributed by atoms with E-state index in [0.717, 1.165) is 18.7 Å². The Bertz CT molecular complexity index is 354. The molecule has 0 aliphatic carbocycles. The fourth-order valence-corrected chi connectivity index (χ4v) is 1.56. The van der Waals surface area contributed by atoms with E-state index in [9.17, 15) is 0 Å². The van der Waals surface area contributed by atoms with Gasteiger partial charge in [0.05, 0.1) is 6.07 Å². The molecule has 0 aliphatic heterocycles. The van der Waals surface area contributed by atoms with Gasteiger partial charge in [-0.1, -0.05) is 17.7 Å². The van der Waals surface area contributed by atoms with Gasteiger partial charge in [-0.25, -0.2) is 4.98 Å². The minimum absolute atomic E-state index is 0.420. The van der Waals surface area contributed by atoms with E-state index in [4.69, 9.17) is 16.9 Å². The van der Waals surface area contributed by atoms with Crippen molar-refractivity contribution in [2.75, 3.05) is 6.54 Å². The minimum Gasteiger partial charge on any atom is -0.296 e. The highest BCUT2D eigenvalue weighted by molar-refractivity contribution is 6.29. The average Bonchev–Trinajstić information content (AvgIpc) is 2.26. The summed E-state index contributed by atoms with van der Waals surface area (Å²) in [7, 11) is 0. The smallest absolute Gasteiger partial charge is 0.129 e.